The van der Waals surface area contributed by atoms with E-state index in [1.54, 1.807) is 0 Å². The first-order valence-corrected chi connectivity index (χ1v) is 5.03. The minimum absolute atomic E-state index is 0.109. The van der Waals surface area contributed by atoms with Crippen molar-refractivity contribution in [2.75, 3.05) is 7.11 Å². The van der Waals surface area contributed by atoms with E-state index in [1.165, 1.54) is 37.4 Å². The first-order chi connectivity index (χ1) is 8.65. The molecule has 0 spiro atoms. The summed E-state index contributed by atoms with van der Waals surface area (Å²) < 4.78 is 10.2. The Bertz CT molecular complexity index is 602. The molecule has 0 amide bonds. The quantitative estimate of drug-likeness (QED) is 0.471. The Morgan fingerprint density at radius 3 is 2.67 bits per heavy atom. The van der Waals surface area contributed by atoms with E-state index in [-0.39, 0.29) is 22.8 Å². The van der Waals surface area contributed by atoms with Crippen LogP contribution in [-0.2, 0) is 0 Å². The molecule has 6 heteroatoms. The van der Waals surface area contributed by atoms with Crippen molar-refractivity contribution in [2.24, 2.45) is 0 Å². The molecule has 0 fully saturated rings. The van der Waals surface area contributed by atoms with Gasteiger partial charge in [0.25, 0.3) is 5.69 Å². The van der Waals surface area contributed by atoms with E-state index in [0.29, 0.717) is 12.0 Å². The van der Waals surface area contributed by atoms with E-state index >= 15 is 0 Å². The van der Waals surface area contributed by atoms with Crippen LogP contribution in [0.15, 0.2) is 34.7 Å². The van der Waals surface area contributed by atoms with E-state index in [9.17, 15) is 14.9 Å². The van der Waals surface area contributed by atoms with Crippen LogP contribution in [0.4, 0.5) is 5.69 Å². The summed E-state index contributed by atoms with van der Waals surface area (Å²) in [6.07, 6.45) is 0.537. The lowest BCUT2D eigenvalue weighted by atomic mass is 10.1. The summed E-state index contributed by atoms with van der Waals surface area (Å²) in [5.74, 6) is 0.837. The molecule has 0 saturated heterocycles. The lowest BCUT2D eigenvalue weighted by molar-refractivity contribution is -0.384. The fourth-order valence-corrected chi connectivity index (χ4v) is 1.56. The minimum Gasteiger partial charge on any atom is -0.497 e. The fraction of sp³-hybridized carbons (Fsp3) is 0.0833. The van der Waals surface area contributed by atoms with Crippen molar-refractivity contribution in [1.29, 1.82) is 0 Å². The highest BCUT2D eigenvalue weighted by Crippen LogP contribution is 2.33. The highest BCUT2D eigenvalue weighted by Gasteiger charge is 2.19. The molecule has 1 aromatic heterocycles. The average molecular weight is 247 g/mol. The minimum atomic E-state index is -0.516. The number of methoxy groups -OCH3 is 1. The number of ether oxygens (including phenoxy) is 1. The third-order valence-electron chi connectivity index (χ3n) is 2.41. The lowest BCUT2D eigenvalue weighted by Crippen LogP contribution is -1.92. The van der Waals surface area contributed by atoms with Gasteiger partial charge in [0.05, 0.1) is 17.6 Å². The monoisotopic (exact) mass is 247 g/mol. The fourth-order valence-electron chi connectivity index (χ4n) is 1.56. The number of benzene rings is 1. The first-order valence-electron chi connectivity index (χ1n) is 5.03. The number of rotatable bonds is 4. The zero-order valence-electron chi connectivity index (χ0n) is 9.45. The maximum Gasteiger partial charge on any atom is 0.280 e. The Labute approximate surface area is 102 Å². The molecule has 0 N–H and O–H groups in total. The number of furan rings is 1. The summed E-state index contributed by atoms with van der Waals surface area (Å²) >= 11 is 0. The largest absolute Gasteiger partial charge is 0.497 e. The molecular formula is C12H9NO5. The van der Waals surface area contributed by atoms with Gasteiger partial charge in [-0.05, 0) is 24.3 Å². The van der Waals surface area contributed by atoms with E-state index in [1.807, 2.05) is 0 Å². The number of carbonyl (C=O) groups excluding carboxylic acids is 1. The Kier molecular flexibility index (Phi) is 3.09. The second kappa shape index (κ2) is 4.70. The highest BCUT2D eigenvalue weighted by molar-refractivity contribution is 5.76. The van der Waals surface area contributed by atoms with E-state index in [0.717, 1.165) is 0 Å². The van der Waals surface area contributed by atoms with Crippen molar-refractivity contribution in [3.63, 3.8) is 0 Å². The van der Waals surface area contributed by atoms with Gasteiger partial charge in [-0.25, -0.2) is 0 Å². The van der Waals surface area contributed by atoms with Crippen LogP contribution in [0.2, 0.25) is 0 Å². The van der Waals surface area contributed by atoms with Gasteiger partial charge in [0, 0.05) is 6.07 Å². The number of nitro groups is 1. The molecule has 0 bridgehead atoms. The van der Waals surface area contributed by atoms with Crippen molar-refractivity contribution in [2.45, 2.75) is 0 Å². The number of nitrogens with zero attached hydrogens (tertiary/aromatic N) is 1. The number of nitro benzene ring substituents is 1. The molecule has 0 aliphatic carbocycles. The summed E-state index contributed by atoms with van der Waals surface area (Å²) in [5.41, 5.74) is 0.162. The van der Waals surface area contributed by atoms with Gasteiger partial charge in [-0.2, -0.15) is 0 Å². The molecule has 2 aromatic rings. The zero-order chi connectivity index (χ0) is 13.1. The van der Waals surface area contributed by atoms with Gasteiger partial charge in [0.2, 0.25) is 0 Å². The topological polar surface area (TPSA) is 82.6 Å². The predicted octanol–water partition coefficient (Wildman–Crippen LogP) is 2.68. The Balaban J connectivity index is 2.58. The summed E-state index contributed by atoms with van der Waals surface area (Å²) in [4.78, 5) is 20.9. The van der Waals surface area contributed by atoms with Crippen LogP contribution < -0.4 is 4.74 Å². The summed E-state index contributed by atoms with van der Waals surface area (Å²) in [6.45, 7) is 0. The molecule has 92 valence electrons. The number of hydrogen-bond donors (Lipinski definition) is 0. The van der Waals surface area contributed by atoms with Crippen molar-refractivity contribution < 1.29 is 18.9 Å². The number of hydrogen-bond acceptors (Lipinski definition) is 5. The Morgan fingerprint density at radius 1 is 1.33 bits per heavy atom. The number of aldehydes is 1. The standard InChI is InChI=1S/C12H9NO5/c1-17-8-2-4-11(13(15)16)10(6-8)12-5-3-9(7-14)18-12/h2-7H,1H3. The van der Waals surface area contributed by atoms with Gasteiger partial charge < -0.3 is 9.15 Å². The molecule has 0 aliphatic heterocycles. The van der Waals surface area contributed by atoms with Crippen LogP contribution >= 0.6 is 0 Å². The van der Waals surface area contributed by atoms with Gasteiger partial charge in [-0.3, -0.25) is 14.9 Å². The normalized spacial score (nSPS) is 10.1. The van der Waals surface area contributed by atoms with Crippen molar-refractivity contribution in [3.05, 3.63) is 46.2 Å². The van der Waals surface area contributed by atoms with Gasteiger partial charge in [-0.1, -0.05) is 0 Å². The number of carbonyl (C=O) groups is 1. The first kappa shape index (κ1) is 11.8. The average Bonchev–Trinajstić information content (AvgIpc) is 2.86. The van der Waals surface area contributed by atoms with E-state index in [2.05, 4.69) is 0 Å². The molecule has 0 saturated carbocycles. The summed E-state index contributed by atoms with van der Waals surface area (Å²) in [6, 6.07) is 7.27. The molecule has 0 radical (unpaired) electrons. The van der Waals surface area contributed by atoms with E-state index < -0.39 is 4.92 Å². The maximum atomic E-state index is 10.9. The third-order valence-corrected chi connectivity index (χ3v) is 2.41. The highest BCUT2D eigenvalue weighted by atomic mass is 16.6. The van der Waals surface area contributed by atoms with Crippen molar-refractivity contribution in [3.8, 4) is 17.1 Å². The van der Waals surface area contributed by atoms with Gasteiger partial charge in [-0.15, -0.1) is 0 Å². The molecule has 1 heterocycles. The molecule has 18 heavy (non-hydrogen) atoms. The van der Waals surface area contributed by atoms with Crippen LogP contribution in [-0.4, -0.2) is 18.3 Å². The van der Waals surface area contributed by atoms with Crippen LogP contribution in [0.5, 0.6) is 5.75 Å². The zero-order valence-corrected chi connectivity index (χ0v) is 9.45. The molecule has 2 rings (SSSR count). The third kappa shape index (κ3) is 2.08. The maximum absolute atomic E-state index is 10.9. The molecule has 0 unspecified atom stereocenters. The van der Waals surface area contributed by atoms with Crippen LogP contribution in [0.1, 0.15) is 10.6 Å². The Morgan fingerprint density at radius 2 is 2.11 bits per heavy atom. The summed E-state index contributed by atoms with van der Waals surface area (Å²) in [7, 11) is 1.46. The van der Waals surface area contributed by atoms with Gasteiger partial charge in [0.15, 0.2) is 12.0 Å². The lowest BCUT2D eigenvalue weighted by Gasteiger charge is -2.03. The predicted molar refractivity (Wildman–Crippen MR) is 62.7 cm³/mol. The molecular weight excluding hydrogens is 238 g/mol. The second-order valence-corrected chi connectivity index (χ2v) is 3.46. The van der Waals surface area contributed by atoms with Crippen LogP contribution in [0.25, 0.3) is 11.3 Å². The Hall–Kier alpha value is -2.63. The van der Waals surface area contributed by atoms with E-state index in [4.69, 9.17) is 9.15 Å². The van der Waals surface area contributed by atoms with Crippen LogP contribution in [0.3, 0.4) is 0 Å². The molecule has 1 aromatic carbocycles. The smallest absolute Gasteiger partial charge is 0.280 e. The van der Waals surface area contributed by atoms with Crippen LogP contribution in [0, 0.1) is 10.1 Å². The molecule has 0 aliphatic rings. The molecule has 0 atom stereocenters. The van der Waals surface area contributed by atoms with Crippen molar-refractivity contribution in [1.82, 2.24) is 0 Å². The summed E-state index contributed by atoms with van der Waals surface area (Å²) in [5, 5.41) is 10.9. The van der Waals surface area contributed by atoms with Gasteiger partial charge >= 0.3 is 0 Å². The SMILES string of the molecule is COc1ccc([N+](=O)[O-])c(-c2ccc(C=O)o2)c1. The van der Waals surface area contributed by atoms with Gasteiger partial charge in [0.1, 0.15) is 11.5 Å². The second-order valence-electron chi connectivity index (χ2n) is 3.46. The molecule has 6 nitrogen and oxygen atoms in total. The van der Waals surface area contributed by atoms with Crippen molar-refractivity contribution >= 4 is 12.0 Å².